The molecule has 0 amide bonds. The maximum Gasteiger partial charge on any atom is 0.341 e. The van der Waals surface area contributed by atoms with Crippen LogP contribution in [0.3, 0.4) is 0 Å². The highest BCUT2D eigenvalue weighted by Gasteiger charge is 2.34. The summed E-state index contributed by atoms with van der Waals surface area (Å²) >= 11 is 5.94. The van der Waals surface area contributed by atoms with Crippen LogP contribution in [0.5, 0.6) is 0 Å². The van der Waals surface area contributed by atoms with Crippen LogP contribution in [0.15, 0.2) is 30.6 Å². The zero-order chi connectivity index (χ0) is 21.9. The van der Waals surface area contributed by atoms with E-state index in [0.29, 0.717) is 19.0 Å². The lowest BCUT2D eigenvalue weighted by Crippen LogP contribution is -2.46. The molecule has 1 unspecified atom stereocenters. The molecule has 2 heterocycles. The molecule has 0 aliphatic carbocycles. The van der Waals surface area contributed by atoms with Gasteiger partial charge in [-0.3, -0.25) is 4.57 Å². The molecule has 1 aliphatic heterocycles. The Bertz CT molecular complexity index is 995. The number of anilines is 1. The van der Waals surface area contributed by atoms with E-state index in [2.05, 4.69) is 9.97 Å². The normalized spacial score (nSPS) is 16.7. The summed E-state index contributed by atoms with van der Waals surface area (Å²) in [5, 5.41) is 9.03. The van der Waals surface area contributed by atoms with Gasteiger partial charge in [-0.15, -0.1) is 0 Å². The molecule has 0 saturated carbocycles. The van der Waals surface area contributed by atoms with Crippen molar-refractivity contribution in [3.63, 3.8) is 0 Å². The van der Waals surface area contributed by atoms with Crippen molar-refractivity contribution in [2.45, 2.75) is 6.92 Å². The second kappa shape index (κ2) is 9.09. The molecule has 1 fully saturated rings. The highest BCUT2D eigenvalue weighted by atomic mass is 35.5. The largest absolute Gasteiger partial charge is 0.478 e. The van der Waals surface area contributed by atoms with Gasteiger partial charge in [0, 0.05) is 38.6 Å². The Balaban J connectivity index is 1.67. The van der Waals surface area contributed by atoms with Crippen molar-refractivity contribution in [2.24, 2.45) is 0 Å². The fourth-order valence-corrected chi connectivity index (χ4v) is 4.94. The first-order valence-electron chi connectivity index (χ1n) is 9.09. The molecule has 2 N–H and O–H groups in total. The van der Waals surface area contributed by atoms with Gasteiger partial charge in [0.2, 0.25) is 5.95 Å². The molecule has 1 atom stereocenters. The van der Waals surface area contributed by atoms with E-state index in [1.54, 1.807) is 6.92 Å². The molecular formula is C18H20ClN4O6P. The SMILES string of the molecule is CCOC(=O)c1cnc(N2CCN(P(=O)(O)c3ccc(C(=O)O)c(Cl)c3)CC2)nc1. The Morgan fingerprint density at radius 1 is 1.20 bits per heavy atom. The van der Waals surface area contributed by atoms with E-state index in [4.69, 9.17) is 21.4 Å². The minimum Gasteiger partial charge on any atom is -0.478 e. The summed E-state index contributed by atoms with van der Waals surface area (Å²) in [6, 6.07) is 3.74. The lowest BCUT2D eigenvalue weighted by Gasteiger charge is -2.36. The van der Waals surface area contributed by atoms with Gasteiger partial charge in [0.05, 0.1) is 28.1 Å². The summed E-state index contributed by atoms with van der Waals surface area (Å²) in [6.45, 7) is 3.27. The van der Waals surface area contributed by atoms with E-state index >= 15 is 0 Å². The molecule has 3 rings (SSSR count). The molecule has 0 bridgehead atoms. The smallest absolute Gasteiger partial charge is 0.341 e. The first kappa shape index (κ1) is 22.2. The zero-order valence-corrected chi connectivity index (χ0v) is 17.7. The molecule has 1 aromatic heterocycles. The number of benzene rings is 1. The van der Waals surface area contributed by atoms with E-state index in [0.717, 1.165) is 0 Å². The molecule has 30 heavy (non-hydrogen) atoms. The second-order valence-corrected chi connectivity index (χ2v) is 9.02. The summed E-state index contributed by atoms with van der Waals surface area (Å²) in [6.07, 6.45) is 2.77. The van der Waals surface area contributed by atoms with Gasteiger partial charge in [-0.25, -0.2) is 24.2 Å². The molecule has 160 valence electrons. The first-order chi connectivity index (χ1) is 14.2. The third-order valence-corrected chi connectivity index (χ3v) is 7.02. The summed E-state index contributed by atoms with van der Waals surface area (Å²) in [5.74, 6) is -1.30. The van der Waals surface area contributed by atoms with Crippen molar-refractivity contribution < 1.29 is 28.9 Å². The molecule has 12 heteroatoms. The van der Waals surface area contributed by atoms with Crippen LogP contribution in [0, 0.1) is 0 Å². The number of esters is 1. The minimum absolute atomic E-state index is 0.0704. The molecule has 0 radical (unpaired) electrons. The number of piperazine rings is 1. The van der Waals surface area contributed by atoms with E-state index in [1.165, 1.54) is 35.3 Å². The number of carboxylic acid groups (broad SMARTS) is 1. The quantitative estimate of drug-likeness (QED) is 0.490. The number of carbonyl (C=O) groups is 2. The van der Waals surface area contributed by atoms with Crippen LogP contribution in [0.4, 0.5) is 5.95 Å². The Morgan fingerprint density at radius 3 is 2.37 bits per heavy atom. The number of carboxylic acids is 1. The van der Waals surface area contributed by atoms with E-state index in [1.807, 2.05) is 4.90 Å². The molecule has 10 nitrogen and oxygen atoms in total. The van der Waals surface area contributed by atoms with Gasteiger partial charge >= 0.3 is 11.9 Å². The lowest BCUT2D eigenvalue weighted by molar-refractivity contribution is 0.0524. The summed E-state index contributed by atoms with van der Waals surface area (Å²) in [5.41, 5.74) is 0.120. The third-order valence-electron chi connectivity index (χ3n) is 4.59. The monoisotopic (exact) mass is 454 g/mol. The molecule has 2 aromatic rings. The number of ether oxygens (including phenoxy) is 1. The van der Waals surface area contributed by atoms with Crippen molar-refractivity contribution in [3.8, 4) is 0 Å². The van der Waals surface area contributed by atoms with Crippen molar-refractivity contribution in [1.82, 2.24) is 14.6 Å². The molecular weight excluding hydrogens is 435 g/mol. The number of hydrogen-bond donors (Lipinski definition) is 2. The predicted molar refractivity (Wildman–Crippen MR) is 110 cm³/mol. The lowest BCUT2D eigenvalue weighted by atomic mass is 10.2. The van der Waals surface area contributed by atoms with E-state index < -0.39 is 19.5 Å². The zero-order valence-electron chi connectivity index (χ0n) is 16.1. The van der Waals surface area contributed by atoms with Crippen LogP contribution in [0.1, 0.15) is 27.6 Å². The van der Waals surface area contributed by atoms with Gasteiger partial charge in [-0.2, -0.15) is 0 Å². The first-order valence-corrected chi connectivity index (χ1v) is 11.1. The van der Waals surface area contributed by atoms with Crippen LogP contribution in [0.25, 0.3) is 0 Å². The topological polar surface area (TPSA) is 133 Å². The highest BCUT2D eigenvalue weighted by Crippen LogP contribution is 2.45. The Hall–Kier alpha value is -2.52. The fraction of sp³-hybridized carbons (Fsp3) is 0.333. The predicted octanol–water partition coefficient (Wildman–Crippen LogP) is 1.64. The number of carbonyl (C=O) groups excluding carboxylic acids is 1. The number of aromatic carboxylic acids is 1. The van der Waals surface area contributed by atoms with Gasteiger partial charge in [-0.1, -0.05) is 11.6 Å². The van der Waals surface area contributed by atoms with Crippen LogP contribution < -0.4 is 10.2 Å². The summed E-state index contributed by atoms with van der Waals surface area (Å²) in [7, 11) is -3.92. The molecule has 1 aromatic carbocycles. The van der Waals surface area contributed by atoms with Gasteiger partial charge < -0.3 is 19.6 Å². The molecule has 1 aliphatic rings. The van der Waals surface area contributed by atoms with E-state index in [9.17, 15) is 19.0 Å². The van der Waals surface area contributed by atoms with E-state index in [-0.39, 0.29) is 41.2 Å². The summed E-state index contributed by atoms with van der Waals surface area (Å²) < 4.78 is 19.3. The number of nitrogens with zero attached hydrogens (tertiary/aromatic N) is 4. The third kappa shape index (κ3) is 4.62. The minimum atomic E-state index is -3.92. The standard InChI is InChI=1S/C18H20ClN4O6P/c1-2-29-17(26)12-10-20-18(21-11-12)22-5-7-23(8-6-22)30(27,28)13-3-4-14(16(24)25)15(19)9-13/h3-4,9-11H,2,5-8H2,1H3,(H,24,25)(H,27,28). The molecule has 0 spiro atoms. The number of halogens is 1. The van der Waals surface area contributed by atoms with Gasteiger partial charge in [0.25, 0.3) is 7.52 Å². The maximum atomic E-state index is 13.0. The van der Waals surface area contributed by atoms with Crippen LogP contribution >= 0.6 is 19.1 Å². The van der Waals surface area contributed by atoms with Crippen LogP contribution in [-0.2, 0) is 9.30 Å². The van der Waals surface area contributed by atoms with Crippen molar-refractivity contribution in [3.05, 3.63) is 46.7 Å². The molecule has 1 saturated heterocycles. The van der Waals surface area contributed by atoms with Gasteiger partial charge in [0.15, 0.2) is 0 Å². The van der Waals surface area contributed by atoms with Crippen LogP contribution in [0.2, 0.25) is 5.02 Å². The number of rotatable bonds is 6. The Morgan fingerprint density at radius 2 is 1.83 bits per heavy atom. The van der Waals surface area contributed by atoms with Crippen LogP contribution in [-0.4, -0.2) is 69.4 Å². The number of aromatic nitrogens is 2. The maximum absolute atomic E-state index is 13.0. The fourth-order valence-electron chi connectivity index (χ4n) is 2.99. The van der Waals surface area contributed by atoms with Crippen molar-refractivity contribution >= 4 is 42.3 Å². The van der Waals surface area contributed by atoms with Gasteiger partial charge in [-0.05, 0) is 25.1 Å². The highest BCUT2D eigenvalue weighted by molar-refractivity contribution is 7.63. The van der Waals surface area contributed by atoms with Gasteiger partial charge in [0.1, 0.15) is 0 Å². The summed E-state index contributed by atoms with van der Waals surface area (Å²) in [4.78, 5) is 43.6. The van der Waals surface area contributed by atoms with Crippen molar-refractivity contribution in [1.29, 1.82) is 0 Å². The Kier molecular flexibility index (Phi) is 6.72. The number of hydrogen-bond acceptors (Lipinski definition) is 7. The second-order valence-electron chi connectivity index (χ2n) is 6.45. The Labute approximate surface area is 177 Å². The average Bonchev–Trinajstić information content (AvgIpc) is 2.74. The van der Waals surface area contributed by atoms with Crippen molar-refractivity contribution in [2.75, 3.05) is 37.7 Å². The average molecular weight is 455 g/mol.